The van der Waals surface area contributed by atoms with Gasteiger partial charge in [0, 0.05) is 18.8 Å². The lowest BCUT2D eigenvalue weighted by atomic mass is 10.2. The number of nitrogens with zero attached hydrogens (tertiary/aromatic N) is 3. The molecule has 158 valence electrons. The number of nitrogens with one attached hydrogen (secondary N) is 1. The maximum absolute atomic E-state index is 11.5. The molecule has 10 nitrogen and oxygen atoms in total. The number of hydrogen-bond donors (Lipinski definition) is 1. The highest BCUT2D eigenvalue weighted by Crippen LogP contribution is 2.28. The molecule has 0 aliphatic carbocycles. The number of benzene rings is 1. The molecule has 29 heavy (non-hydrogen) atoms. The van der Waals surface area contributed by atoms with E-state index >= 15 is 0 Å². The van der Waals surface area contributed by atoms with Crippen LogP contribution in [0.15, 0.2) is 30.7 Å². The zero-order valence-corrected chi connectivity index (χ0v) is 17.1. The molecule has 1 amide bonds. The quantitative estimate of drug-likeness (QED) is 0.371. The van der Waals surface area contributed by atoms with Crippen LogP contribution in [-0.4, -0.2) is 52.5 Å². The van der Waals surface area contributed by atoms with Crippen molar-refractivity contribution in [1.29, 1.82) is 0 Å². The second-order valence-electron chi connectivity index (χ2n) is 6.90. The molecule has 1 aromatic carbocycles. The predicted molar refractivity (Wildman–Crippen MR) is 106 cm³/mol. The van der Waals surface area contributed by atoms with Crippen molar-refractivity contribution in [2.45, 2.75) is 26.4 Å². The molecular weight excluding hydrogens is 404 g/mol. The fourth-order valence-electron chi connectivity index (χ4n) is 2.23. The Morgan fingerprint density at radius 1 is 1.31 bits per heavy atom. The number of hydrogen-bond acceptors (Lipinski definition) is 7. The van der Waals surface area contributed by atoms with Gasteiger partial charge in [0.15, 0.2) is 0 Å². The highest BCUT2D eigenvalue weighted by Gasteiger charge is 2.16. The Morgan fingerprint density at radius 2 is 2.07 bits per heavy atom. The van der Waals surface area contributed by atoms with Crippen molar-refractivity contribution >= 4 is 23.4 Å². The lowest BCUT2D eigenvalue weighted by molar-refractivity contribution is -0.384. The number of nitro groups is 1. The second-order valence-corrected chi connectivity index (χ2v) is 7.29. The zero-order valence-electron chi connectivity index (χ0n) is 16.4. The maximum atomic E-state index is 11.5. The molecule has 0 radical (unpaired) electrons. The first-order valence-corrected chi connectivity index (χ1v) is 9.19. The molecule has 0 aliphatic rings. The highest BCUT2D eigenvalue weighted by atomic mass is 35.5. The van der Waals surface area contributed by atoms with Crippen LogP contribution in [0.2, 0.25) is 5.15 Å². The minimum atomic E-state index is -0.561. The van der Waals surface area contributed by atoms with E-state index in [1.165, 1.54) is 18.5 Å². The molecule has 1 N–H and O–H groups in total. The Balaban J connectivity index is 1.83. The van der Waals surface area contributed by atoms with Gasteiger partial charge in [-0.05, 0) is 26.8 Å². The van der Waals surface area contributed by atoms with Crippen molar-refractivity contribution in [3.8, 4) is 11.4 Å². The van der Waals surface area contributed by atoms with Gasteiger partial charge in [0.25, 0.3) is 5.69 Å². The maximum Gasteiger partial charge on any atom is 0.407 e. The van der Waals surface area contributed by atoms with Gasteiger partial charge in [0.2, 0.25) is 0 Å². The van der Waals surface area contributed by atoms with E-state index in [4.69, 9.17) is 25.8 Å². The second kappa shape index (κ2) is 10.1. The molecule has 2 rings (SSSR count). The largest absolute Gasteiger partial charge is 0.489 e. The average molecular weight is 427 g/mol. The summed E-state index contributed by atoms with van der Waals surface area (Å²) in [7, 11) is 0. The fraction of sp³-hybridized carbons (Fsp3) is 0.444. The first-order chi connectivity index (χ1) is 13.7. The SMILES string of the molecule is CC(C)(C)OC(=O)NCCOCCOc1cc([N+](=O)[O-])ccc1-n1cnc(Cl)c1. The summed E-state index contributed by atoms with van der Waals surface area (Å²) in [6.07, 6.45) is 2.53. The average Bonchev–Trinajstić information content (AvgIpc) is 3.05. The smallest absolute Gasteiger partial charge is 0.407 e. The van der Waals surface area contributed by atoms with Crippen LogP contribution in [0.1, 0.15) is 20.8 Å². The Hall–Kier alpha value is -2.85. The lowest BCUT2D eigenvalue weighted by Gasteiger charge is -2.19. The summed E-state index contributed by atoms with van der Waals surface area (Å²) in [5.74, 6) is 0.295. The van der Waals surface area contributed by atoms with Gasteiger partial charge in [-0.2, -0.15) is 0 Å². The summed E-state index contributed by atoms with van der Waals surface area (Å²) >= 11 is 5.84. The lowest BCUT2D eigenvalue weighted by Crippen LogP contribution is -2.34. The van der Waals surface area contributed by atoms with E-state index in [2.05, 4.69) is 10.3 Å². The minimum absolute atomic E-state index is 0.0996. The normalized spacial score (nSPS) is 11.2. The third-order valence-electron chi connectivity index (χ3n) is 3.38. The number of imidazole rings is 1. The van der Waals surface area contributed by atoms with Gasteiger partial charge in [0.1, 0.15) is 29.4 Å². The van der Waals surface area contributed by atoms with Crippen LogP contribution in [0, 0.1) is 10.1 Å². The zero-order chi connectivity index (χ0) is 21.4. The van der Waals surface area contributed by atoms with Crippen LogP contribution in [0.5, 0.6) is 5.75 Å². The van der Waals surface area contributed by atoms with E-state index in [1.54, 1.807) is 37.6 Å². The van der Waals surface area contributed by atoms with Crippen molar-refractivity contribution in [3.63, 3.8) is 0 Å². The number of aromatic nitrogens is 2. The topological polar surface area (TPSA) is 118 Å². The Morgan fingerprint density at radius 3 is 2.69 bits per heavy atom. The van der Waals surface area contributed by atoms with Crippen LogP contribution in [0.25, 0.3) is 5.69 Å². The van der Waals surface area contributed by atoms with E-state index in [0.717, 1.165) is 0 Å². The molecule has 0 unspecified atom stereocenters. The molecule has 11 heteroatoms. The molecule has 0 saturated carbocycles. The van der Waals surface area contributed by atoms with E-state index in [9.17, 15) is 14.9 Å². The molecule has 1 heterocycles. The fourth-order valence-corrected chi connectivity index (χ4v) is 2.38. The van der Waals surface area contributed by atoms with Crippen LogP contribution in [0.4, 0.5) is 10.5 Å². The van der Waals surface area contributed by atoms with Gasteiger partial charge < -0.3 is 24.1 Å². The molecule has 0 aliphatic heterocycles. The van der Waals surface area contributed by atoms with Crippen molar-refractivity contribution < 1.29 is 23.9 Å². The molecule has 0 bridgehead atoms. The first-order valence-electron chi connectivity index (χ1n) is 8.81. The van der Waals surface area contributed by atoms with E-state index in [0.29, 0.717) is 11.4 Å². The number of ether oxygens (including phenoxy) is 3. The van der Waals surface area contributed by atoms with Gasteiger partial charge in [-0.25, -0.2) is 9.78 Å². The summed E-state index contributed by atoms with van der Waals surface area (Å²) in [4.78, 5) is 26.0. The van der Waals surface area contributed by atoms with Crippen molar-refractivity contribution in [1.82, 2.24) is 14.9 Å². The van der Waals surface area contributed by atoms with Gasteiger partial charge in [-0.3, -0.25) is 10.1 Å². The monoisotopic (exact) mass is 426 g/mol. The summed E-state index contributed by atoms with van der Waals surface area (Å²) in [5.41, 5.74) is -0.104. The molecule has 0 atom stereocenters. The summed E-state index contributed by atoms with van der Waals surface area (Å²) < 4.78 is 17.8. The van der Waals surface area contributed by atoms with Gasteiger partial charge in [0.05, 0.1) is 29.9 Å². The highest BCUT2D eigenvalue weighted by molar-refractivity contribution is 6.29. The summed E-state index contributed by atoms with van der Waals surface area (Å²) in [6.45, 7) is 6.26. The van der Waals surface area contributed by atoms with Gasteiger partial charge in [-0.15, -0.1) is 0 Å². The van der Waals surface area contributed by atoms with Crippen molar-refractivity contribution in [2.75, 3.05) is 26.4 Å². The van der Waals surface area contributed by atoms with Crippen molar-refractivity contribution in [3.05, 3.63) is 46.0 Å². The number of non-ortho nitro benzene ring substituents is 1. The molecule has 0 fully saturated rings. The number of nitro benzene ring substituents is 1. The van der Waals surface area contributed by atoms with Crippen LogP contribution >= 0.6 is 11.6 Å². The number of alkyl carbamates (subject to hydrolysis) is 1. The van der Waals surface area contributed by atoms with Crippen molar-refractivity contribution in [2.24, 2.45) is 0 Å². The minimum Gasteiger partial charge on any atom is -0.489 e. The van der Waals surface area contributed by atoms with Crippen LogP contribution in [-0.2, 0) is 9.47 Å². The first kappa shape index (κ1) is 22.4. The van der Waals surface area contributed by atoms with E-state index in [-0.39, 0.29) is 37.2 Å². The number of amides is 1. The molecule has 1 aromatic heterocycles. The Bertz CT molecular complexity index is 849. The number of carbonyl (C=O) groups is 1. The van der Waals surface area contributed by atoms with E-state index in [1.807, 2.05) is 0 Å². The number of halogens is 1. The molecule has 0 spiro atoms. The Kier molecular flexibility index (Phi) is 7.80. The third kappa shape index (κ3) is 7.59. The molecule has 0 saturated heterocycles. The van der Waals surface area contributed by atoms with E-state index < -0.39 is 16.6 Å². The summed E-state index contributed by atoms with van der Waals surface area (Å²) in [5, 5.41) is 13.9. The third-order valence-corrected chi connectivity index (χ3v) is 3.58. The predicted octanol–water partition coefficient (Wildman–Crippen LogP) is 3.35. The number of carbonyl (C=O) groups excluding carboxylic acids is 1. The summed E-state index contributed by atoms with van der Waals surface area (Å²) in [6, 6.07) is 4.25. The number of rotatable bonds is 9. The van der Waals surface area contributed by atoms with Gasteiger partial charge in [-0.1, -0.05) is 11.6 Å². The standard InChI is InChI=1S/C18H23ClN4O6/c1-18(2,3)29-17(24)20-6-7-27-8-9-28-15-10-13(23(25)26)4-5-14(15)22-11-16(19)21-12-22/h4-5,10-12H,6-9H2,1-3H3,(H,20,24). The molecular formula is C18H23ClN4O6. The van der Waals surface area contributed by atoms with Crippen LogP contribution < -0.4 is 10.1 Å². The van der Waals surface area contributed by atoms with Gasteiger partial charge >= 0.3 is 6.09 Å². The molecule has 2 aromatic rings. The van der Waals surface area contributed by atoms with Crippen LogP contribution in [0.3, 0.4) is 0 Å². The Labute approximate surface area is 172 Å².